The molecule has 140 valence electrons. The number of benzene rings is 2. The van der Waals surface area contributed by atoms with Crippen LogP contribution in [-0.4, -0.2) is 36.5 Å². The third-order valence-corrected chi connectivity index (χ3v) is 6.89. The fraction of sp³-hybridized carbons (Fsp3) is 0.211. The topological polar surface area (TPSA) is 91.5 Å². The summed E-state index contributed by atoms with van der Waals surface area (Å²) in [6.07, 6.45) is 0. The van der Waals surface area contributed by atoms with Gasteiger partial charge in [0.2, 0.25) is 16.0 Å². The molecule has 6 nitrogen and oxygen atoms in total. The minimum Gasteiger partial charge on any atom is -0.369 e. The monoisotopic (exact) mass is 386 g/mol. The third-order valence-electron chi connectivity index (χ3n) is 4.94. The van der Waals surface area contributed by atoms with E-state index in [2.05, 4.69) is 9.98 Å². The Morgan fingerprint density at radius 1 is 1.22 bits per heavy atom. The number of fused-ring (bicyclic) bond motifs is 1. The van der Waals surface area contributed by atoms with Crippen LogP contribution in [0.1, 0.15) is 12.5 Å². The van der Waals surface area contributed by atoms with Crippen molar-refractivity contribution in [2.45, 2.75) is 12.5 Å². The number of hydrogen-bond acceptors (Lipinski definition) is 4. The van der Waals surface area contributed by atoms with E-state index in [1.54, 1.807) is 13.0 Å². The predicted molar refractivity (Wildman–Crippen MR) is 104 cm³/mol. The molecule has 0 bridgehead atoms. The largest absolute Gasteiger partial charge is 0.369 e. The number of aromatic nitrogens is 1. The molecule has 0 fully saturated rings. The Morgan fingerprint density at radius 3 is 2.59 bits per heavy atom. The van der Waals surface area contributed by atoms with E-state index in [0.29, 0.717) is 10.9 Å². The van der Waals surface area contributed by atoms with Crippen LogP contribution < -0.4 is 5.73 Å². The molecule has 3 aromatic rings. The van der Waals surface area contributed by atoms with Crippen molar-refractivity contribution < 1.29 is 12.8 Å². The number of hydrogen-bond donors (Lipinski definition) is 2. The first-order valence-electron chi connectivity index (χ1n) is 8.40. The highest BCUT2D eigenvalue weighted by Gasteiger charge is 2.41. The molecule has 4 rings (SSSR count). The molecule has 1 aromatic heterocycles. The van der Waals surface area contributed by atoms with Crippen molar-refractivity contribution in [3.63, 3.8) is 0 Å². The van der Waals surface area contributed by atoms with Gasteiger partial charge >= 0.3 is 0 Å². The summed E-state index contributed by atoms with van der Waals surface area (Å²) in [4.78, 5) is 7.55. The van der Waals surface area contributed by atoms with Crippen molar-refractivity contribution in [2.75, 3.05) is 12.8 Å². The smallest absolute Gasteiger partial charge is 0.239 e. The number of aromatic amines is 1. The third kappa shape index (κ3) is 2.86. The molecular weight excluding hydrogens is 367 g/mol. The van der Waals surface area contributed by atoms with Crippen molar-refractivity contribution in [3.8, 4) is 11.3 Å². The van der Waals surface area contributed by atoms with Gasteiger partial charge in [-0.3, -0.25) is 0 Å². The molecule has 27 heavy (non-hydrogen) atoms. The van der Waals surface area contributed by atoms with Crippen molar-refractivity contribution in [2.24, 2.45) is 10.7 Å². The van der Waals surface area contributed by atoms with Gasteiger partial charge in [0.15, 0.2) is 0 Å². The Balaban J connectivity index is 1.87. The van der Waals surface area contributed by atoms with Gasteiger partial charge in [-0.2, -0.15) is 0 Å². The Bertz CT molecular complexity index is 1170. The lowest BCUT2D eigenvalue weighted by Crippen LogP contribution is -2.50. The van der Waals surface area contributed by atoms with Crippen LogP contribution in [0.5, 0.6) is 0 Å². The Hall–Kier alpha value is -2.87. The van der Waals surface area contributed by atoms with Crippen LogP contribution >= 0.6 is 0 Å². The highest BCUT2D eigenvalue weighted by atomic mass is 32.2. The summed E-state index contributed by atoms with van der Waals surface area (Å²) in [7, 11) is -2.34. The van der Waals surface area contributed by atoms with E-state index in [-0.39, 0.29) is 17.3 Å². The summed E-state index contributed by atoms with van der Waals surface area (Å²) in [5, 5.41) is 0.700. The van der Waals surface area contributed by atoms with Crippen molar-refractivity contribution >= 4 is 26.9 Å². The lowest BCUT2D eigenvalue weighted by atomic mass is 9.93. The van der Waals surface area contributed by atoms with Gasteiger partial charge in [-0.15, -0.1) is 0 Å². The second-order valence-electron chi connectivity index (χ2n) is 6.94. The van der Waals surface area contributed by atoms with Crippen molar-refractivity contribution in [1.29, 1.82) is 0 Å². The molecule has 2 aromatic carbocycles. The van der Waals surface area contributed by atoms with Gasteiger partial charge in [-0.05, 0) is 30.7 Å². The maximum atomic E-state index is 14.9. The minimum atomic E-state index is -3.67. The van der Waals surface area contributed by atoms with E-state index >= 15 is 0 Å². The number of sulfonamides is 1. The summed E-state index contributed by atoms with van der Waals surface area (Å²) in [6.45, 7) is 1.58. The molecule has 0 saturated heterocycles. The predicted octanol–water partition coefficient (Wildman–Crippen LogP) is 2.78. The fourth-order valence-corrected chi connectivity index (χ4v) is 4.88. The van der Waals surface area contributed by atoms with Crippen molar-refractivity contribution in [1.82, 2.24) is 9.29 Å². The van der Waals surface area contributed by atoms with Crippen LogP contribution in [0.3, 0.4) is 0 Å². The van der Waals surface area contributed by atoms with Gasteiger partial charge in [0.05, 0.1) is 5.75 Å². The van der Waals surface area contributed by atoms with Gasteiger partial charge in [0.25, 0.3) is 0 Å². The maximum Gasteiger partial charge on any atom is 0.239 e. The molecule has 1 aliphatic heterocycles. The molecule has 0 radical (unpaired) electrons. The Kier molecular flexibility index (Phi) is 3.78. The van der Waals surface area contributed by atoms with E-state index in [0.717, 1.165) is 15.6 Å². The molecule has 1 atom stereocenters. The number of nitrogens with zero attached hydrogens (tertiary/aromatic N) is 2. The van der Waals surface area contributed by atoms with E-state index < -0.39 is 21.4 Å². The number of rotatable bonds is 2. The molecular formula is C19H19FN4O2S. The molecule has 2 heterocycles. The molecule has 0 aliphatic carbocycles. The van der Waals surface area contributed by atoms with E-state index in [1.165, 1.54) is 13.1 Å². The summed E-state index contributed by atoms with van der Waals surface area (Å²) in [5.41, 5.74) is 7.20. The molecule has 3 N–H and O–H groups in total. The summed E-state index contributed by atoms with van der Waals surface area (Å²) < 4.78 is 40.6. The van der Waals surface area contributed by atoms with Crippen LogP contribution in [0.25, 0.3) is 22.2 Å². The summed E-state index contributed by atoms with van der Waals surface area (Å²) >= 11 is 0. The number of halogens is 1. The number of H-pyrrole nitrogens is 1. The molecule has 0 amide bonds. The van der Waals surface area contributed by atoms with Crippen LogP contribution in [0.2, 0.25) is 0 Å². The first kappa shape index (κ1) is 17.5. The van der Waals surface area contributed by atoms with Crippen molar-refractivity contribution in [3.05, 3.63) is 59.9 Å². The normalized spacial score (nSPS) is 22.0. The van der Waals surface area contributed by atoms with Gasteiger partial charge < -0.3 is 10.7 Å². The highest BCUT2D eigenvalue weighted by Crippen LogP contribution is 2.36. The average Bonchev–Trinajstić information content (AvgIpc) is 3.02. The minimum absolute atomic E-state index is 0.153. The fourth-order valence-electron chi connectivity index (χ4n) is 3.43. The molecule has 0 unspecified atom stereocenters. The van der Waals surface area contributed by atoms with E-state index in [4.69, 9.17) is 5.73 Å². The van der Waals surface area contributed by atoms with Crippen LogP contribution in [0, 0.1) is 5.82 Å². The summed E-state index contributed by atoms with van der Waals surface area (Å²) in [6, 6.07) is 14.6. The lowest BCUT2D eigenvalue weighted by Gasteiger charge is -2.34. The van der Waals surface area contributed by atoms with E-state index in [9.17, 15) is 12.8 Å². The molecule has 1 aliphatic rings. The van der Waals surface area contributed by atoms with Gasteiger partial charge in [0, 0.05) is 29.2 Å². The van der Waals surface area contributed by atoms with Gasteiger partial charge in [-0.1, -0.05) is 30.3 Å². The molecule has 0 spiro atoms. The maximum absolute atomic E-state index is 14.9. The zero-order valence-corrected chi connectivity index (χ0v) is 15.7. The second kappa shape index (κ2) is 5.82. The van der Waals surface area contributed by atoms with Crippen LogP contribution in [0.15, 0.2) is 53.5 Å². The second-order valence-corrected chi connectivity index (χ2v) is 8.94. The van der Waals surface area contributed by atoms with Gasteiger partial charge in [0.1, 0.15) is 11.4 Å². The number of guanidine groups is 1. The summed E-state index contributed by atoms with van der Waals surface area (Å²) in [5.74, 6) is -1.02. The number of nitrogens with two attached hydrogens (primary N) is 1. The van der Waals surface area contributed by atoms with Crippen LogP contribution in [0.4, 0.5) is 4.39 Å². The quantitative estimate of drug-likeness (QED) is 0.709. The Morgan fingerprint density at radius 2 is 1.93 bits per heavy atom. The standard InChI is InChI=1S/C19H19FN4O2S/c1-19(11-27(25,26)24(2)18(21)23-19)14-10-17-13(8-15(14)20)9-16(22-17)12-6-4-3-5-7-12/h3-10,22H,11H2,1-2H3,(H2,21,23)/t19-/m0/s1. The molecule has 8 heteroatoms. The van der Waals surface area contributed by atoms with Gasteiger partial charge in [-0.25, -0.2) is 22.1 Å². The highest BCUT2D eigenvalue weighted by molar-refractivity contribution is 7.89. The zero-order chi connectivity index (χ0) is 19.4. The molecule has 0 saturated carbocycles. The SMILES string of the molecule is CN1C(N)=N[C@](C)(c2cc3[nH]c(-c4ccccc4)cc3cc2F)CS1(=O)=O. The Labute approximate surface area is 156 Å². The lowest BCUT2D eigenvalue weighted by molar-refractivity contribution is 0.458. The number of aliphatic imine (C=N–C) groups is 1. The first-order chi connectivity index (χ1) is 12.7. The van der Waals surface area contributed by atoms with E-state index in [1.807, 2.05) is 36.4 Å². The first-order valence-corrected chi connectivity index (χ1v) is 10.0. The number of nitrogens with one attached hydrogen (secondary N) is 1. The zero-order valence-electron chi connectivity index (χ0n) is 14.9. The average molecular weight is 386 g/mol. The van der Waals surface area contributed by atoms with Crippen LogP contribution in [-0.2, 0) is 15.6 Å².